The third-order valence-electron chi connectivity index (χ3n) is 5.42. The van der Waals surface area contributed by atoms with E-state index in [0.717, 1.165) is 17.8 Å². The third kappa shape index (κ3) is 2.23. The molecule has 0 N–H and O–H groups in total. The van der Waals surface area contributed by atoms with Gasteiger partial charge in [-0.15, -0.1) is 0 Å². The first-order valence-corrected chi connectivity index (χ1v) is 7.07. The summed E-state index contributed by atoms with van der Waals surface area (Å²) in [5.41, 5.74) is -0.291. The lowest BCUT2D eigenvalue weighted by atomic mass is 9.76. The fourth-order valence-corrected chi connectivity index (χ4v) is 4.09. The van der Waals surface area contributed by atoms with Gasteiger partial charge in [0, 0.05) is 0 Å². The van der Waals surface area contributed by atoms with Gasteiger partial charge in [-0.3, -0.25) is 4.79 Å². The minimum absolute atomic E-state index is 0.0329. The maximum absolute atomic E-state index is 11.8. The molecule has 0 amide bonds. The van der Waals surface area contributed by atoms with Crippen LogP contribution in [0.5, 0.6) is 0 Å². The topological polar surface area (TPSA) is 26.3 Å². The van der Waals surface area contributed by atoms with Crippen LogP contribution in [-0.2, 0) is 9.53 Å². The molecule has 2 rings (SSSR count). The lowest BCUT2D eigenvalue weighted by Gasteiger charge is -2.29. The number of carbonyl (C=O) groups excluding carboxylic acids is 1. The molecule has 0 bridgehead atoms. The van der Waals surface area contributed by atoms with Gasteiger partial charge in [0.2, 0.25) is 0 Å². The van der Waals surface area contributed by atoms with E-state index in [1.807, 2.05) is 0 Å². The molecular formula is C15H26O2. The number of hydrogen-bond acceptors (Lipinski definition) is 2. The molecule has 0 aliphatic heterocycles. The highest BCUT2D eigenvalue weighted by Gasteiger charge is 2.48. The average molecular weight is 238 g/mol. The summed E-state index contributed by atoms with van der Waals surface area (Å²) in [5.74, 6) is 3.22. The van der Waals surface area contributed by atoms with Crippen molar-refractivity contribution in [1.29, 1.82) is 0 Å². The van der Waals surface area contributed by atoms with Gasteiger partial charge < -0.3 is 4.74 Å². The molecule has 1 unspecified atom stereocenters. The lowest BCUT2D eigenvalue weighted by Crippen LogP contribution is -2.33. The largest absolute Gasteiger partial charge is 0.469 e. The fraction of sp³-hybridized carbons (Fsp3) is 0.933. The van der Waals surface area contributed by atoms with Gasteiger partial charge >= 0.3 is 5.97 Å². The Bertz CT molecular complexity index is 281. The van der Waals surface area contributed by atoms with Gasteiger partial charge in [0.05, 0.1) is 12.5 Å². The van der Waals surface area contributed by atoms with Crippen LogP contribution < -0.4 is 0 Å². The number of ether oxygens (including phenoxy) is 1. The molecule has 0 saturated heterocycles. The van der Waals surface area contributed by atoms with E-state index >= 15 is 0 Å². The molecule has 0 heterocycles. The Kier molecular flexibility index (Phi) is 3.51. The highest BCUT2D eigenvalue weighted by Crippen LogP contribution is 2.54. The monoisotopic (exact) mass is 238 g/mol. The minimum Gasteiger partial charge on any atom is -0.469 e. The molecule has 0 aromatic rings. The number of fused-ring (bicyclic) bond motifs is 1. The van der Waals surface area contributed by atoms with Gasteiger partial charge in [-0.25, -0.2) is 0 Å². The second kappa shape index (κ2) is 4.62. The van der Waals surface area contributed by atoms with Gasteiger partial charge in [-0.2, -0.15) is 0 Å². The van der Waals surface area contributed by atoms with Crippen LogP contribution in [0.1, 0.15) is 52.9 Å². The predicted molar refractivity (Wildman–Crippen MR) is 68.5 cm³/mol. The quantitative estimate of drug-likeness (QED) is 0.702. The average Bonchev–Trinajstić information content (AvgIpc) is 2.84. The Morgan fingerprint density at radius 1 is 1.18 bits per heavy atom. The molecule has 0 aromatic carbocycles. The zero-order valence-corrected chi connectivity index (χ0v) is 11.7. The summed E-state index contributed by atoms with van der Waals surface area (Å²) in [7, 11) is 1.51. The molecule has 0 spiro atoms. The molecule has 2 aliphatic carbocycles. The molecule has 2 fully saturated rings. The van der Waals surface area contributed by atoms with E-state index < -0.39 is 0 Å². The molecule has 2 nitrogen and oxygen atoms in total. The highest BCUT2D eigenvalue weighted by molar-refractivity contribution is 5.76. The Morgan fingerprint density at radius 2 is 1.71 bits per heavy atom. The smallest absolute Gasteiger partial charge is 0.311 e. The van der Waals surface area contributed by atoms with Gasteiger partial charge in [0.1, 0.15) is 0 Å². The van der Waals surface area contributed by atoms with Crippen molar-refractivity contribution >= 4 is 5.97 Å². The predicted octanol–water partition coefficient (Wildman–Crippen LogP) is 3.65. The number of esters is 1. The van der Waals surface area contributed by atoms with Gasteiger partial charge in [0.25, 0.3) is 0 Å². The molecule has 17 heavy (non-hydrogen) atoms. The van der Waals surface area contributed by atoms with Crippen LogP contribution >= 0.6 is 0 Å². The highest BCUT2D eigenvalue weighted by atomic mass is 16.5. The maximum Gasteiger partial charge on any atom is 0.311 e. The van der Waals surface area contributed by atoms with Gasteiger partial charge in [-0.05, 0) is 63.2 Å². The van der Waals surface area contributed by atoms with Crippen molar-refractivity contribution < 1.29 is 9.53 Å². The summed E-state index contributed by atoms with van der Waals surface area (Å²) >= 11 is 0. The van der Waals surface area contributed by atoms with E-state index in [2.05, 4.69) is 20.8 Å². The Balaban J connectivity index is 1.98. The number of carbonyl (C=O) groups is 1. The Labute approximate surface area is 105 Å². The molecule has 4 atom stereocenters. The zero-order valence-electron chi connectivity index (χ0n) is 11.7. The van der Waals surface area contributed by atoms with Crippen LogP contribution in [0.4, 0.5) is 0 Å². The summed E-state index contributed by atoms with van der Waals surface area (Å²) in [6.45, 7) is 6.42. The van der Waals surface area contributed by atoms with E-state index in [9.17, 15) is 4.79 Å². The van der Waals surface area contributed by atoms with Crippen molar-refractivity contribution in [2.45, 2.75) is 52.9 Å². The Hall–Kier alpha value is -0.530. The van der Waals surface area contributed by atoms with Gasteiger partial charge in [0.15, 0.2) is 0 Å². The second-order valence-corrected chi connectivity index (χ2v) is 6.65. The summed E-state index contributed by atoms with van der Waals surface area (Å²) in [5, 5.41) is 0. The van der Waals surface area contributed by atoms with E-state index in [-0.39, 0.29) is 11.4 Å². The van der Waals surface area contributed by atoms with E-state index in [0.29, 0.717) is 5.92 Å². The van der Waals surface area contributed by atoms with E-state index in [1.165, 1.54) is 39.2 Å². The lowest BCUT2D eigenvalue weighted by molar-refractivity contribution is -0.154. The minimum atomic E-state index is -0.291. The van der Waals surface area contributed by atoms with Crippen LogP contribution in [0.3, 0.4) is 0 Å². The number of rotatable bonds is 3. The zero-order chi connectivity index (χ0) is 12.6. The molecule has 0 aromatic heterocycles. The number of hydrogen-bond donors (Lipinski definition) is 0. The van der Waals surface area contributed by atoms with E-state index in [4.69, 9.17) is 4.74 Å². The SMILES string of the molecule is CC[C@H]1CC2C[C@@H](C(C)(C)C(=O)OC)C[C@H]2C1. The van der Waals surface area contributed by atoms with Crippen LogP contribution in [0.15, 0.2) is 0 Å². The maximum atomic E-state index is 11.8. The van der Waals surface area contributed by atoms with Crippen LogP contribution in [0, 0.1) is 29.1 Å². The first-order chi connectivity index (χ1) is 7.98. The Morgan fingerprint density at radius 3 is 2.12 bits per heavy atom. The van der Waals surface area contributed by atoms with Crippen molar-refractivity contribution in [2.24, 2.45) is 29.1 Å². The summed E-state index contributed by atoms with van der Waals surface area (Å²) in [4.78, 5) is 11.8. The summed E-state index contributed by atoms with van der Waals surface area (Å²) in [6.07, 6.45) is 6.61. The van der Waals surface area contributed by atoms with Crippen molar-refractivity contribution in [1.82, 2.24) is 0 Å². The molecule has 2 aliphatic rings. The van der Waals surface area contributed by atoms with E-state index in [1.54, 1.807) is 0 Å². The molecule has 0 radical (unpaired) electrons. The molecule has 2 heteroatoms. The molecule has 2 saturated carbocycles. The van der Waals surface area contributed by atoms with Crippen LogP contribution in [0.25, 0.3) is 0 Å². The van der Waals surface area contributed by atoms with Gasteiger partial charge in [-0.1, -0.05) is 13.3 Å². The van der Waals surface area contributed by atoms with Crippen molar-refractivity contribution in [2.75, 3.05) is 7.11 Å². The number of methoxy groups -OCH3 is 1. The first kappa shape index (κ1) is 12.9. The van der Waals surface area contributed by atoms with Crippen molar-refractivity contribution in [3.8, 4) is 0 Å². The summed E-state index contributed by atoms with van der Waals surface area (Å²) in [6, 6.07) is 0. The molecular weight excluding hydrogens is 212 g/mol. The second-order valence-electron chi connectivity index (χ2n) is 6.65. The first-order valence-electron chi connectivity index (χ1n) is 7.07. The van der Waals surface area contributed by atoms with Crippen LogP contribution in [0.2, 0.25) is 0 Å². The van der Waals surface area contributed by atoms with Crippen molar-refractivity contribution in [3.05, 3.63) is 0 Å². The van der Waals surface area contributed by atoms with Crippen molar-refractivity contribution in [3.63, 3.8) is 0 Å². The fourth-order valence-electron chi connectivity index (χ4n) is 4.09. The standard InChI is InChI=1S/C15H26O2/c1-5-10-6-11-8-13(9-12(11)7-10)15(2,3)14(16)17-4/h10-13H,5-9H2,1-4H3/t10-,11-,12?,13+/m1/s1. The molecule has 98 valence electrons. The normalized spacial score (nSPS) is 36.9. The third-order valence-corrected chi connectivity index (χ3v) is 5.42. The van der Waals surface area contributed by atoms with Crippen LogP contribution in [-0.4, -0.2) is 13.1 Å². The summed E-state index contributed by atoms with van der Waals surface area (Å²) < 4.78 is 4.95.